The molecule has 0 bridgehead atoms. The number of benzene rings is 1. The molecule has 1 amide bonds. The standard InChI is InChI=1S/C14H18N2O4/c1-2-20-13(17)8-15-12-4-3-11-9-16(14(18)19)6-5-10(11)7-12/h3-4,7,15H,2,5-6,8-9H2,1H3,(H,18,19). The van der Waals surface area contributed by atoms with Gasteiger partial charge in [-0.3, -0.25) is 4.79 Å². The summed E-state index contributed by atoms with van der Waals surface area (Å²) in [6.07, 6.45) is -0.198. The fourth-order valence-corrected chi connectivity index (χ4v) is 2.21. The number of rotatable bonds is 4. The molecule has 20 heavy (non-hydrogen) atoms. The van der Waals surface area contributed by atoms with E-state index in [2.05, 4.69) is 5.32 Å². The van der Waals surface area contributed by atoms with Gasteiger partial charge >= 0.3 is 12.1 Å². The third-order valence-corrected chi connectivity index (χ3v) is 3.23. The van der Waals surface area contributed by atoms with Crippen molar-refractivity contribution in [2.45, 2.75) is 19.9 Å². The number of nitrogens with one attached hydrogen (secondary N) is 1. The highest BCUT2D eigenvalue weighted by atomic mass is 16.5. The van der Waals surface area contributed by atoms with Crippen LogP contribution in [0, 0.1) is 0 Å². The van der Waals surface area contributed by atoms with Gasteiger partial charge in [-0.25, -0.2) is 4.79 Å². The second-order valence-electron chi connectivity index (χ2n) is 4.60. The zero-order chi connectivity index (χ0) is 14.5. The van der Waals surface area contributed by atoms with Crippen molar-refractivity contribution in [3.05, 3.63) is 29.3 Å². The van der Waals surface area contributed by atoms with Crippen LogP contribution in [-0.4, -0.2) is 41.8 Å². The molecule has 0 spiro atoms. The summed E-state index contributed by atoms with van der Waals surface area (Å²) in [4.78, 5) is 23.6. The Labute approximate surface area is 117 Å². The number of hydrogen-bond donors (Lipinski definition) is 2. The maximum absolute atomic E-state index is 11.3. The summed E-state index contributed by atoms with van der Waals surface area (Å²) in [5.74, 6) is -0.290. The van der Waals surface area contributed by atoms with E-state index in [1.165, 1.54) is 4.90 Å². The van der Waals surface area contributed by atoms with E-state index in [0.29, 0.717) is 26.1 Å². The summed E-state index contributed by atoms with van der Waals surface area (Å²) in [5.41, 5.74) is 2.98. The van der Waals surface area contributed by atoms with Crippen LogP contribution in [0.1, 0.15) is 18.1 Å². The van der Waals surface area contributed by atoms with E-state index >= 15 is 0 Å². The molecule has 1 heterocycles. The number of ether oxygens (including phenoxy) is 1. The van der Waals surface area contributed by atoms with E-state index in [-0.39, 0.29) is 12.5 Å². The quantitative estimate of drug-likeness (QED) is 0.819. The van der Waals surface area contributed by atoms with Gasteiger partial charge in [0.05, 0.1) is 6.61 Å². The summed E-state index contributed by atoms with van der Waals surface area (Å²) in [5, 5.41) is 12.0. The molecule has 6 nitrogen and oxygen atoms in total. The molecule has 108 valence electrons. The van der Waals surface area contributed by atoms with Gasteiger partial charge in [0, 0.05) is 18.8 Å². The number of anilines is 1. The number of hydrogen-bond acceptors (Lipinski definition) is 4. The third kappa shape index (κ3) is 3.40. The van der Waals surface area contributed by atoms with E-state index in [4.69, 9.17) is 9.84 Å². The van der Waals surface area contributed by atoms with Gasteiger partial charge < -0.3 is 20.1 Å². The zero-order valence-electron chi connectivity index (χ0n) is 11.4. The van der Waals surface area contributed by atoms with Crippen LogP contribution in [0.15, 0.2) is 18.2 Å². The first kappa shape index (κ1) is 14.2. The second-order valence-corrected chi connectivity index (χ2v) is 4.60. The van der Waals surface area contributed by atoms with Gasteiger partial charge in [0.15, 0.2) is 0 Å². The van der Waals surface area contributed by atoms with Crippen molar-refractivity contribution >= 4 is 17.7 Å². The fraction of sp³-hybridized carbons (Fsp3) is 0.429. The number of carboxylic acid groups (broad SMARTS) is 1. The van der Waals surface area contributed by atoms with Crippen molar-refractivity contribution in [1.29, 1.82) is 0 Å². The number of esters is 1. The van der Waals surface area contributed by atoms with Crippen molar-refractivity contribution in [2.75, 3.05) is 25.0 Å². The van der Waals surface area contributed by atoms with E-state index in [1.807, 2.05) is 18.2 Å². The van der Waals surface area contributed by atoms with Gasteiger partial charge in [0.25, 0.3) is 0 Å². The summed E-state index contributed by atoms with van der Waals surface area (Å²) in [6, 6.07) is 5.72. The Bertz CT molecular complexity index is 516. The van der Waals surface area contributed by atoms with Crippen LogP contribution in [0.5, 0.6) is 0 Å². The van der Waals surface area contributed by atoms with Crippen LogP contribution in [-0.2, 0) is 22.5 Å². The SMILES string of the molecule is CCOC(=O)CNc1ccc2c(c1)CCN(C(=O)O)C2. The van der Waals surface area contributed by atoms with Crippen LogP contribution in [0.2, 0.25) is 0 Å². The molecule has 0 aliphatic carbocycles. The highest BCUT2D eigenvalue weighted by Gasteiger charge is 2.19. The minimum atomic E-state index is -0.889. The predicted molar refractivity (Wildman–Crippen MR) is 73.7 cm³/mol. The Morgan fingerprint density at radius 1 is 1.40 bits per heavy atom. The molecule has 1 aromatic rings. The van der Waals surface area contributed by atoms with Gasteiger partial charge in [-0.15, -0.1) is 0 Å². The zero-order valence-corrected chi connectivity index (χ0v) is 11.4. The first-order valence-corrected chi connectivity index (χ1v) is 6.59. The molecule has 6 heteroatoms. The average Bonchev–Trinajstić information content (AvgIpc) is 2.44. The lowest BCUT2D eigenvalue weighted by Gasteiger charge is -2.26. The lowest BCUT2D eigenvalue weighted by molar-refractivity contribution is -0.140. The molecule has 0 radical (unpaired) electrons. The van der Waals surface area contributed by atoms with Crippen molar-refractivity contribution in [3.8, 4) is 0 Å². The van der Waals surface area contributed by atoms with E-state index in [1.54, 1.807) is 6.92 Å². The molecule has 0 saturated carbocycles. The third-order valence-electron chi connectivity index (χ3n) is 3.23. The number of fused-ring (bicyclic) bond motifs is 1. The summed E-state index contributed by atoms with van der Waals surface area (Å²) in [7, 11) is 0. The Kier molecular flexibility index (Phi) is 4.45. The molecule has 0 atom stereocenters. The molecule has 2 rings (SSSR count). The largest absolute Gasteiger partial charge is 0.465 e. The lowest BCUT2D eigenvalue weighted by atomic mass is 9.99. The van der Waals surface area contributed by atoms with Crippen molar-refractivity contribution in [1.82, 2.24) is 4.90 Å². The second kappa shape index (κ2) is 6.27. The smallest absolute Gasteiger partial charge is 0.407 e. The predicted octanol–water partition coefficient (Wildman–Crippen LogP) is 1.70. The number of carbonyl (C=O) groups excluding carboxylic acids is 1. The molecule has 0 fully saturated rings. The minimum Gasteiger partial charge on any atom is -0.465 e. The van der Waals surface area contributed by atoms with Gasteiger partial charge in [0.2, 0.25) is 0 Å². The van der Waals surface area contributed by atoms with E-state index in [9.17, 15) is 9.59 Å². The minimum absolute atomic E-state index is 0.133. The normalized spacial score (nSPS) is 13.6. The molecule has 1 aliphatic rings. The summed E-state index contributed by atoms with van der Waals surface area (Å²) in [6.45, 7) is 3.20. The van der Waals surface area contributed by atoms with Gasteiger partial charge in [0.1, 0.15) is 6.54 Å². The molecule has 0 unspecified atom stereocenters. The monoisotopic (exact) mass is 278 g/mol. The van der Waals surface area contributed by atoms with Gasteiger partial charge in [-0.1, -0.05) is 6.07 Å². The van der Waals surface area contributed by atoms with Gasteiger partial charge in [-0.05, 0) is 36.6 Å². The van der Waals surface area contributed by atoms with Crippen LogP contribution in [0.4, 0.5) is 10.5 Å². The first-order valence-electron chi connectivity index (χ1n) is 6.59. The molecule has 0 saturated heterocycles. The lowest BCUT2D eigenvalue weighted by Crippen LogP contribution is -2.34. The Morgan fingerprint density at radius 3 is 2.90 bits per heavy atom. The molecule has 0 aromatic heterocycles. The maximum Gasteiger partial charge on any atom is 0.407 e. The summed E-state index contributed by atoms with van der Waals surface area (Å²) < 4.78 is 4.84. The first-order chi connectivity index (χ1) is 9.60. The highest BCUT2D eigenvalue weighted by Crippen LogP contribution is 2.22. The van der Waals surface area contributed by atoms with Crippen LogP contribution < -0.4 is 5.32 Å². The molecular formula is C14H18N2O4. The Balaban J connectivity index is 1.99. The highest BCUT2D eigenvalue weighted by molar-refractivity contribution is 5.75. The molecule has 2 N–H and O–H groups in total. The summed E-state index contributed by atoms with van der Waals surface area (Å²) >= 11 is 0. The Hall–Kier alpha value is -2.24. The van der Waals surface area contributed by atoms with Crippen LogP contribution >= 0.6 is 0 Å². The average molecular weight is 278 g/mol. The van der Waals surface area contributed by atoms with Crippen molar-refractivity contribution in [3.63, 3.8) is 0 Å². The molecule has 1 aromatic carbocycles. The van der Waals surface area contributed by atoms with Crippen LogP contribution in [0.3, 0.4) is 0 Å². The van der Waals surface area contributed by atoms with Gasteiger partial charge in [-0.2, -0.15) is 0 Å². The fourth-order valence-electron chi connectivity index (χ4n) is 2.21. The van der Waals surface area contributed by atoms with Crippen molar-refractivity contribution < 1.29 is 19.4 Å². The number of amides is 1. The molecular weight excluding hydrogens is 260 g/mol. The number of carbonyl (C=O) groups is 2. The maximum atomic E-state index is 11.3. The topological polar surface area (TPSA) is 78.9 Å². The van der Waals surface area contributed by atoms with Crippen molar-refractivity contribution in [2.24, 2.45) is 0 Å². The van der Waals surface area contributed by atoms with Crippen LogP contribution in [0.25, 0.3) is 0 Å². The number of nitrogens with zero attached hydrogens (tertiary/aromatic N) is 1. The van der Waals surface area contributed by atoms with E-state index < -0.39 is 6.09 Å². The van der Waals surface area contributed by atoms with E-state index in [0.717, 1.165) is 16.8 Å². The molecule has 1 aliphatic heterocycles. The Morgan fingerprint density at radius 2 is 2.20 bits per heavy atom.